The van der Waals surface area contributed by atoms with Gasteiger partial charge in [-0.1, -0.05) is 56.0 Å². The van der Waals surface area contributed by atoms with Crippen molar-refractivity contribution in [3.8, 4) is 5.75 Å². The number of sulfonamides is 1. The minimum atomic E-state index is -3.97. The van der Waals surface area contributed by atoms with E-state index in [2.05, 4.69) is 5.32 Å². The van der Waals surface area contributed by atoms with E-state index in [1.165, 1.54) is 49.5 Å². The summed E-state index contributed by atoms with van der Waals surface area (Å²) in [5, 5.41) is 2.92. The average molecular weight is 489 g/mol. The normalized spacial score (nSPS) is 14.9. The molecule has 0 atom stereocenters. The fraction of sp³-hybridized carbons (Fsp3) is 0.440. The molecule has 9 heteroatoms. The van der Waals surface area contributed by atoms with Gasteiger partial charge in [0, 0.05) is 19.6 Å². The van der Waals surface area contributed by atoms with Gasteiger partial charge in [-0.05, 0) is 36.6 Å². The molecule has 0 heterocycles. The molecule has 1 fully saturated rings. The summed E-state index contributed by atoms with van der Waals surface area (Å²) in [4.78, 5) is 24.7. The molecule has 1 aliphatic carbocycles. The van der Waals surface area contributed by atoms with E-state index in [4.69, 9.17) is 9.47 Å². The first-order valence-electron chi connectivity index (χ1n) is 11.5. The van der Waals surface area contributed by atoms with Crippen molar-refractivity contribution in [2.24, 2.45) is 0 Å². The van der Waals surface area contributed by atoms with E-state index < -0.39 is 22.6 Å². The molecule has 1 N–H and O–H groups in total. The number of nitrogens with zero attached hydrogens (tertiary/aromatic N) is 1. The third-order valence-electron chi connectivity index (χ3n) is 5.89. The molecule has 0 radical (unpaired) electrons. The molecule has 1 saturated carbocycles. The predicted octanol–water partition coefficient (Wildman–Crippen LogP) is 3.51. The van der Waals surface area contributed by atoms with E-state index in [0.29, 0.717) is 0 Å². The van der Waals surface area contributed by atoms with Crippen molar-refractivity contribution in [1.82, 2.24) is 9.62 Å². The third-order valence-corrected chi connectivity index (χ3v) is 7.71. The Morgan fingerprint density at radius 2 is 1.71 bits per heavy atom. The molecular formula is C25H32N2O6S. The average Bonchev–Trinajstić information content (AvgIpc) is 3.11. The van der Waals surface area contributed by atoms with Crippen LogP contribution in [0.25, 0.3) is 0 Å². The lowest BCUT2D eigenvalue weighted by atomic mass is 10.1. The van der Waals surface area contributed by atoms with E-state index >= 15 is 0 Å². The summed E-state index contributed by atoms with van der Waals surface area (Å²) in [6, 6.07) is 13.3. The van der Waals surface area contributed by atoms with Crippen molar-refractivity contribution in [2.75, 3.05) is 20.8 Å². The van der Waals surface area contributed by atoms with Crippen molar-refractivity contribution >= 4 is 21.9 Å². The van der Waals surface area contributed by atoms with E-state index in [1.807, 2.05) is 30.3 Å². The second-order valence-electron chi connectivity index (χ2n) is 8.44. The first-order valence-corrected chi connectivity index (χ1v) is 12.9. The van der Waals surface area contributed by atoms with Crippen LogP contribution in [0.3, 0.4) is 0 Å². The Kier molecular flexibility index (Phi) is 9.06. The lowest BCUT2D eigenvalue weighted by Crippen LogP contribution is -2.37. The van der Waals surface area contributed by atoms with Crippen LogP contribution in [0, 0.1) is 0 Å². The first-order chi connectivity index (χ1) is 16.3. The summed E-state index contributed by atoms with van der Waals surface area (Å²) >= 11 is 0. The second-order valence-corrected chi connectivity index (χ2v) is 10.5. The van der Waals surface area contributed by atoms with Crippen LogP contribution in [0.2, 0.25) is 0 Å². The van der Waals surface area contributed by atoms with Gasteiger partial charge in [-0.2, -0.15) is 4.31 Å². The Labute approximate surface area is 201 Å². The molecule has 0 aromatic heterocycles. The van der Waals surface area contributed by atoms with Crippen LogP contribution in [0.4, 0.5) is 0 Å². The van der Waals surface area contributed by atoms with Crippen molar-refractivity contribution in [3.05, 3.63) is 59.7 Å². The minimum Gasteiger partial charge on any atom is -0.495 e. The highest BCUT2D eigenvalue weighted by Crippen LogP contribution is 2.28. The van der Waals surface area contributed by atoms with Crippen LogP contribution in [0.5, 0.6) is 5.75 Å². The molecule has 2 aromatic carbocycles. The summed E-state index contributed by atoms with van der Waals surface area (Å²) < 4.78 is 38.1. The maximum Gasteiger partial charge on any atom is 0.338 e. The number of benzene rings is 2. The number of carbonyl (C=O) groups excluding carboxylic acids is 2. The SMILES string of the molecule is COc1ccc(C(=O)OCC(=O)NC2CCCCCC2)cc1S(=O)(=O)N(C)Cc1ccccc1. The number of nitrogens with one attached hydrogen (secondary N) is 1. The fourth-order valence-electron chi connectivity index (χ4n) is 4.01. The maximum absolute atomic E-state index is 13.2. The summed E-state index contributed by atoms with van der Waals surface area (Å²) in [6.07, 6.45) is 6.35. The number of amides is 1. The molecule has 3 rings (SSSR count). The smallest absolute Gasteiger partial charge is 0.338 e. The number of esters is 1. The highest BCUT2D eigenvalue weighted by Gasteiger charge is 2.27. The predicted molar refractivity (Wildman–Crippen MR) is 128 cm³/mol. The minimum absolute atomic E-state index is 0.0229. The lowest BCUT2D eigenvalue weighted by molar-refractivity contribution is -0.125. The van der Waals surface area contributed by atoms with Crippen molar-refractivity contribution in [2.45, 2.75) is 56.0 Å². The van der Waals surface area contributed by atoms with Crippen LogP contribution in [-0.2, 0) is 26.1 Å². The first kappa shape index (κ1) is 25.7. The standard InChI is InChI=1S/C25H32N2O6S/c1-27(17-19-10-6-5-7-11-19)34(30,31)23-16-20(14-15-22(23)32-2)25(29)33-18-24(28)26-21-12-8-3-4-9-13-21/h5-7,10-11,14-16,21H,3-4,8-9,12-13,17-18H2,1-2H3,(H,26,28). The molecule has 0 saturated heterocycles. The molecule has 0 bridgehead atoms. The number of methoxy groups -OCH3 is 1. The zero-order chi connectivity index (χ0) is 24.6. The van der Waals surface area contributed by atoms with Crippen molar-refractivity contribution in [1.29, 1.82) is 0 Å². The summed E-state index contributed by atoms with van der Waals surface area (Å²) in [5.41, 5.74) is 0.845. The van der Waals surface area contributed by atoms with Gasteiger partial charge in [0.1, 0.15) is 10.6 Å². The van der Waals surface area contributed by atoms with Crippen molar-refractivity contribution in [3.63, 3.8) is 0 Å². The number of hydrogen-bond donors (Lipinski definition) is 1. The van der Waals surface area contributed by atoms with Gasteiger partial charge in [0.25, 0.3) is 5.91 Å². The Bertz CT molecular complexity index is 1080. The van der Waals surface area contributed by atoms with Gasteiger partial charge < -0.3 is 14.8 Å². The van der Waals surface area contributed by atoms with Gasteiger partial charge in [-0.15, -0.1) is 0 Å². The van der Waals surface area contributed by atoms with Crippen LogP contribution in [0.1, 0.15) is 54.4 Å². The number of carbonyl (C=O) groups is 2. The van der Waals surface area contributed by atoms with Crippen molar-refractivity contribution < 1.29 is 27.5 Å². The Hall–Kier alpha value is -2.91. The maximum atomic E-state index is 13.2. The highest BCUT2D eigenvalue weighted by molar-refractivity contribution is 7.89. The monoisotopic (exact) mass is 488 g/mol. The molecule has 184 valence electrons. The van der Waals surface area contributed by atoms with Gasteiger partial charge in [0.05, 0.1) is 12.7 Å². The summed E-state index contributed by atoms with van der Waals surface area (Å²) in [5.74, 6) is -1.02. The molecule has 1 aliphatic rings. The lowest BCUT2D eigenvalue weighted by Gasteiger charge is -2.19. The molecule has 8 nitrogen and oxygen atoms in total. The number of rotatable bonds is 9. The quantitative estimate of drug-likeness (QED) is 0.428. The molecular weight excluding hydrogens is 456 g/mol. The Morgan fingerprint density at radius 1 is 1.03 bits per heavy atom. The summed E-state index contributed by atoms with van der Waals surface area (Å²) in [6.45, 7) is -0.264. The fourth-order valence-corrected chi connectivity index (χ4v) is 5.34. The van der Waals surface area contributed by atoms with Gasteiger partial charge in [0.15, 0.2) is 6.61 Å². The molecule has 34 heavy (non-hydrogen) atoms. The molecule has 0 spiro atoms. The van der Waals surface area contributed by atoms with Gasteiger partial charge >= 0.3 is 5.97 Å². The Balaban J connectivity index is 1.68. The molecule has 0 unspecified atom stereocenters. The van der Waals surface area contributed by atoms with E-state index in [0.717, 1.165) is 31.2 Å². The van der Waals surface area contributed by atoms with E-state index in [9.17, 15) is 18.0 Å². The number of hydrogen-bond acceptors (Lipinski definition) is 6. The van der Waals surface area contributed by atoms with Crippen LogP contribution in [-0.4, -0.2) is 51.4 Å². The van der Waals surface area contributed by atoms with Crippen LogP contribution >= 0.6 is 0 Å². The van der Waals surface area contributed by atoms with E-state index in [1.54, 1.807) is 0 Å². The van der Waals surface area contributed by atoms with Gasteiger partial charge in [-0.3, -0.25) is 4.79 Å². The zero-order valence-electron chi connectivity index (χ0n) is 19.7. The number of ether oxygens (including phenoxy) is 2. The largest absolute Gasteiger partial charge is 0.495 e. The zero-order valence-corrected chi connectivity index (χ0v) is 20.5. The topological polar surface area (TPSA) is 102 Å². The highest BCUT2D eigenvalue weighted by atomic mass is 32.2. The Morgan fingerprint density at radius 3 is 2.35 bits per heavy atom. The molecule has 1 amide bonds. The van der Waals surface area contributed by atoms with E-state index in [-0.39, 0.29) is 34.7 Å². The molecule has 0 aliphatic heterocycles. The third kappa shape index (κ3) is 6.80. The van der Waals surface area contributed by atoms with Gasteiger partial charge in [0.2, 0.25) is 10.0 Å². The van der Waals surface area contributed by atoms with Gasteiger partial charge in [-0.25, -0.2) is 13.2 Å². The van der Waals surface area contributed by atoms with Crippen LogP contribution in [0.15, 0.2) is 53.4 Å². The second kappa shape index (κ2) is 12.0. The van der Waals surface area contributed by atoms with Crippen LogP contribution < -0.4 is 10.1 Å². The molecule has 2 aromatic rings. The summed E-state index contributed by atoms with van der Waals surface area (Å²) in [7, 11) is -1.14.